The number of ether oxygens (including phenoxy) is 2. The first kappa shape index (κ1) is 16.8. The van der Waals surface area contributed by atoms with Gasteiger partial charge in [0.1, 0.15) is 17.6 Å². The number of amides is 1. The van der Waals surface area contributed by atoms with Crippen molar-refractivity contribution in [3.8, 4) is 17.6 Å². The summed E-state index contributed by atoms with van der Waals surface area (Å²) in [7, 11) is 1.63. The predicted octanol–water partition coefficient (Wildman–Crippen LogP) is 3.21. The number of nitrogens with zero attached hydrogens (tertiary/aromatic N) is 1. The van der Waals surface area contributed by atoms with Gasteiger partial charge in [0.15, 0.2) is 6.61 Å². The molecule has 1 aliphatic carbocycles. The molecule has 1 atom stereocenters. The zero-order valence-electron chi connectivity index (χ0n) is 14.1. The van der Waals surface area contributed by atoms with Gasteiger partial charge in [-0.2, -0.15) is 5.26 Å². The van der Waals surface area contributed by atoms with Crippen molar-refractivity contribution < 1.29 is 14.3 Å². The molecule has 0 aliphatic heterocycles. The molecule has 0 heterocycles. The summed E-state index contributed by atoms with van der Waals surface area (Å²) >= 11 is 0. The highest BCUT2D eigenvalue weighted by atomic mass is 16.5. The Hall–Kier alpha value is -3.00. The number of benzene rings is 2. The second kappa shape index (κ2) is 7.71. The van der Waals surface area contributed by atoms with Crippen LogP contribution < -0.4 is 14.8 Å². The van der Waals surface area contributed by atoms with E-state index in [1.165, 1.54) is 0 Å². The molecule has 3 rings (SSSR count). The maximum absolute atomic E-state index is 12.3. The van der Waals surface area contributed by atoms with E-state index in [1.54, 1.807) is 31.4 Å². The van der Waals surface area contributed by atoms with E-state index < -0.39 is 0 Å². The molecule has 5 nitrogen and oxygen atoms in total. The fraction of sp³-hybridized carbons (Fsp3) is 0.300. The Balaban J connectivity index is 1.62. The molecule has 0 radical (unpaired) electrons. The monoisotopic (exact) mass is 336 g/mol. The molecule has 0 spiro atoms. The first-order chi connectivity index (χ1) is 12.2. The van der Waals surface area contributed by atoms with Crippen LogP contribution >= 0.6 is 0 Å². The van der Waals surface area contributed by atoms with E-state index in [0.29, 0.717) is 17.2 Å². The van der Waals surface area contributed by atoms with Crippen LogP contribution in [-0.2, 0) is 4.79 Å². The Morgan fingerprint density at radius 1 is 1.24 bits per heavy atom. The second-order valence-corrected chi connectivity index (χ2v) is 6.05. The maximum atomic E-state index is 12.3. The number of carbonyl (C=O) groups excluding carboxylic acids is 1. The van der Waals surface area contributed by atoms with Crippen molar-refractivity contribution in [1.82, 2.24) is 5.32 Å². The summed E-state index contributed by atoms with van der Waals surface area (Å²) in [6, 6.07) is 16.7. The number of hydrogen-bond donors (Lipinski definition) is 1. The smallest absolute Gasteiger partial charge is 0.258 e. The Labute approximate surface area is 147 Å². The van der Waals surface area contributed by atoms with Crippen molar-refractivity contribution >= 4 is 5.91 Å². The third kappa shape index (κ3) is 4.30. The van der Waals surface area contributed by atoms with E-state index in [2.05, 4.69) is 11.4 Å². The lowest BCUT2D eigenvalue weighted by molar-refractivity contribution is -0.124. The fourth-order valence-electron chi connectivity index (χ4n) is 2.76. The third-order valence-corrected chi connectivity index (χ3v) is 4.25. The van der Waals surface area contributed by atoms with Gasteiger partial charge in [0.2, 0.25) is 0 Å². The molecular formula is C20H20N2O3. The first-order valence-corrected chi connectivity index (χ1v) is 8.26. The van der Waals surface area contributed by atoms with Gasteiger partial charge in [0, 0.05) is 0 Å². The highest BCUT2D eigenvalue weighted by Crippen LogP contribution is 2.41. The molecule has 2 aromatic carbocycles. The highest BCUT2D eigenvalue weighted by Gasteiger charge is 2.33. The quantitative estimate of drug-likeness (QED) is 0.843. The van der Waals surface area contributed by atoms with Gasteiger partial charge in [-0.3, -0.25) is 4.79 Å². The number of methoxy groups -OCH3 is 1. The van der Waals surface area contributed by atoms with Crippen LogP contribution in [-0.4, -0.2) is 19.6 Å². The van der Waals surface area contributed by atoms with Crippen molar-refractivity contribution in [2.75, 3.05) is 13.7 Å². The molecular weight excluding hydrogens is 316 g/mol. The van der Waals surface area contributed by atoms with Crippen molar-refractivity contribution in [2.45, 2.75) is 18.9 Å². The topological polar surface area (TPSA) is 71.3 Å². The summed E-state index contributed by atoms with van der Waals surface area (Å²) in [6.07, 6.45) is 2.21. The normalized spacial score (nSPS) is 14.2. The highest BCUT2D eigenvalue weighted by molar-refractivity contribution is 5.78. The van der Waals surface area contributed by atoms with Gasteiger partial charge in [0.25, 0.3) is 5.91 Å². The Morgan fingerprint density at radius 3 is 2.60 bits per heavy atom. The summed E-state index contributed by atoms with van der Waals surface area (Å²) in [5.41, 5.74) is 1.48. The van der Waals surface area contributed by atoms with E-state index in [4.69, 9.17) is 14.7 Å². The number of rotatable bonds is 7. The Morgan fingerprint density at radius 2 is 1.96 bits per heavy atom. The van der Waals surface area contributed by atoms with Crippen LogP contribution in [0.5, 0.6) is 11.5 Å². The number of carbonyl (C=O) groups is 1. The minimum Gasteiger partial charge on any atom is -0.497 e. The number of hydrogen-bond acceptors (Lipinski definition) is 4. The minimum absolute atomic E-state index is 0.0202. The molecule has 0 aromatic heterocycles. The van der Waals surface area contributed by atoms with E-state index >= 15 is 0 Å². The summed E-state index contributed by atoms with van der Waals surface area (Å²) in [5.74, 6) is 1.48. The zero-order chi connectivity index (χ0) is 17.6. The average molecular weight is 336 g/mol. The van der Waals surface area contributed by atoms with Crippen LogP contribution in [0.3, 0.4) is 0 Å². The number of para-hydroxylation sites is 1. The van der Waals surface area contributed by atoms with Gasteiger partial charge in [-0.15, -0.1) is 0 Å². The molecule has 0 saturated heterocycles. The Bertz CT molecular complexity index is 776. The number of nitriles is 1. The molecule has 1 aliphatic rings. The predicted molar refractivity (Wildman–Crippen MR) is 93.3 cm³/mol. The largest absolute Gasteiger partial charge is 0.497 e. The van der Waals surface area contributed by atoms with Crippen LogP contribution in [0.1, 0.15) is 30.0 Å². The molecule has 5 heteroatoms. The van der Waals surface area contributed by atoms with Gasteiger partial charge in [-0.1, -0.05) is 24.3 Å². The zero-order valence-corrected chi connectivity index (χ0v) is 14.1. The van der Waals surface area contributed by atoms with E-state index in [-0.39, 0.29) is 18.6 Å². The van der Waals surface area contributed by atoms with Crippen LogP contribution in [0.4, 0.5) is 0 Å². The molecule has 1 amide bonds. The van der Waals surface area contributed by atoms with Crippen LogP contribution in [0.2, 0.25) is 0 Å². The SMILES string of the molecule is COc1ccc(C(NC(=O)COc2ccccc2C#N)C2CC2)cc1. The maximum Gasteiger partial charge on any atom is 0.258 e. The molecule has 25 heavy (non-hydrogen) atoms. The molecule has 1 fully saturated rings. The van der Waals surface area contributed by atoms with Crippen LogP contribution in [0, 0.1) is 17.2 Å². The van der Waals surface area contributed by atoms with Gasteiger partial charge < -0.3 is 14.8 Å². The van der Waals surface area contributed by atoms with E-state index in [9.17, 15) is 4.79 Å². The minimum atomic E-state index is -0.194. The molecule has 128 valence electrons. The van der Waals surface area contributed by atoms with Gasteiger partial charge in [-0.05, 0) is 48.6 Å². The lowest BCUT2D eigenvalue weighted by Gasteiger charge is -2.19. The van der Waals surface area contributed by atoms with Crippen molar-refractivity contribution in [1.29, 1.82) is 5.26 Å². The molecule has 1 N–H and O–H groups in total. The summed E-state index contributed by atoms with van der Waals surface area (Å²) in [4.78, 5) is 12.3. The lowest BCUT2D eigenvalue weighted by atomic mass is 10.0. The van der Waals surface area contributed by atoms with E-state index in [0.717, 1.165) is 24.2 Å². The third-order valence-electron chi connectivity index (χ3n) is 4.25. The fourth-order valence-corrected chi connectivity index (χ4v) is 2.76. The molecule has 1 unspecified atom stereocenters. The summed E-state index contributed by atoms with van der Waals surface area (Å²) in [5, 5.41) is 12.1. The summed E-state index contributed by atoms with van der Waals surface area (Å²) in [6.45, 7) is -0.113. The molecule has 0 bridgehead atoms. The van der Waals surface area contributed by atoms with Gasteiger partial charge >= 0.3 is 0 Å². The molecule has 1 saturated carbocycles. The van der Waals surface area contributed by atoms with Crippen molar-refractivity contribution in [3.63, 3.8) is 0 Å². The van der Waals surface area contributed by atoms with E-state index in [1.807, 2.05) is 24.3 Å². The van der Waals surface area contributed by atoms with Gasteiger partial charge in [-0.25, -0.2) is 0 Å². The van der Waals surface area contributed by atoms with Crippen LogP contribution in [0.15, 0.2) is 48.5 Å². The van der Waals surface area contributed by atoms with Gasteiger partial charge in [0.05, 0.1) is 18.7 Å². The summed E-state index contributed by atoms with van der Waals surface area (Å²) < 4.78 is 10.7. The number of nitrogens with one attached hydrogen (secondary N) is 1. The van der Waals surface area contributed by atoms with Crippen molar-refractivity contribution in [3.05, 3.63) is 59.7 Å². The molecule has 2 aromatic rings. The second-order valence-electron chi connectivity index (χ2n) is 6.05. The average Bonchev–Trinajstić information content (AvgIpc) is 3.50. The first-order valence-electron chi connectivity index (χ1n) is 8.26. The Kier molecular flexibility index (Phi) is 5.20. The van der Waals surface area contributed by atoms with Crippen molar-refractivity contribution in [2.24, 2.45) is 5.92 Å². The standard InChI is InChI=1S/C20H20N2O3/c1-24-17-10-8-15(9-11-17)20(14-6-7-14)22-19(23)13-25-18-5-3-2-4-16(18)12-21/h2-5,8-11,14,20H,6-7,13H2,1H3,(H,22,23). The van der Waals surface area contributed by atoms with Crippen LogP contribution in [0.25, 0.3) is 0 Å². The lowest BCUT2D eigenvalue weighted by Crippen LogP contribution is -2.33.